The third kappa shape index (κ3) is 6.47. The number of aliphatic imine (C=N–C) groups is 2. The highest BCUT2D eigenvalue weighted by Gasteiger charge is 2.35. The number of fused-ring (bicyclic) bond motifs is 2. The molecule has 2 aliphatic heterocycles. The summed E-state index contributed by atoms with van der Waals surface area (Å²) in [6.45, 7) is 1.08. The fourth-order valence-corrected chi connectivity index (χ4v) is 5.91. The van der Waals surface area contributed by atoms with Crippen LogP contribution in [0.5, 0.6) is 11.5 Å². The van der Waals surface area contributed by atoms with E-state index in [0.717, 1.165) is 33.6 Å². The maximum atomic E-state index is 13.7. The number of anilines is 2. The Bertz CT molecular complexity index is 2060. The minimum atomic E-state index is -0.177. The number of ether oxygens (including phenoxy) is 2. The molecule has 8 nitrogen and oxygen atoms in total. The molecule has 50 heavy (non-hydrogen) atoms. The molecule has 7 rings (SSSR count). The summed E-state index contributed by atoms with van der Waals surface area (Å²) in [5, 5.41) is 0. The summed E-state index contributed by atoms with van der Waals surface area (Å²) < 4.78 is 10.9. The molecule has 0 radical (unpaired) electrons. The molecule has 242 valence electrons. The third-order valence-electron chi connectivity index (χ3n) is 8.30. The highest BCUT2D eigenvalue weighted by Crippen LogP contribution is 2.34. The van der Waals surface area contributed by atoms with Crippen molar-refractivity contribution < 1.29 is 19.1 Å². The molecule has 0 aromatic heterocycles. The van der Waals surface area contributed by atoms with Crippen LogP contribution in [0.3, 0.4) is 0 Å². The van der Waals surface area contributed by atoms with Gasteiger partial charge in [0, 0.05) is 11.1 Å². The molecule has 0 saturated carbocycles. The largest absolute Gasteiger partial charge is 0.481 e. The standard InChI is InChI=1S/C42H30N4O4/c1-3-25-49-33-21-17-31(18-22-33)43-39-35-9-5-7-11-37(35)45(41(39)47)27-29-13-15-30(16-14-29)28-46-38-12-8-6-10-36(38)40(42(46)48)44-32-19-23-34(24-20-32)50-26-4-2/h1-2,5-24H,25-28H2/b43-39-,44-40-. The first-order valence-corrected chi connectivity index (χ1v) is 15.9. The van der Waals surface area contributed by atoms with Gasteiger partial charge < -0.3 is 19.3 Å². The van der Waals surface area contributed by atoms with Gasteiger partial charge in [0.15, 0.2) is 0 Å². The highest BCUT2D eigenvalue weighted by molar-refractivity contribution is 6.55. The molecule has 5 aromatic carbocycles. The molecular weight excluding hydrogens is 624 g/mol. The molecule has 5 aromatic rings. The van der Waals surface area contributed by atoms with Gasteiger partial charge in [0.2, 0.25) is 0 Å². The van der Waals surface area contributed by atoms with Crippen LogP contribution in [0.25, 0.3) is 0 Å². The average molecular weight is 655 g/mol. The second-order valence-corrected chi connectivity index (χ2v) is 11.5. The van der Waals surface area contributed by atoms with Gasteiger partial charge in [-0.25, -0.2) is 9.98 Å². The van der Waals surface area contributed by atoms with E-state index < -0.39 is 0 Å². The van der Waals surface area contributed by atoms with Gasteiger partial charge in [-0.15, -0.1) is 12.8 Å². The summed E-state index contributed by atoms with van der Waals surface area (Å²) in [5.41, 5.74) is 7.08. The first kappa shape index (κ1) is 31.7. The minimum Gasteiger partial charge on any atom is -0.481 e. The quantitative estimate of drug-likeness (QED) is 0.151. The second-order valence-electron chi connectivity index (χ2n) is 11.5. The lowest BCUT2D eigenvalue weighted by Crippen LogP contribution is -2.30. The predicted molar refractivity (Wildman–Crippen MR) is 196 cm³/mol. The van der Waals surface area contributed by atoms with Gasteiger partial charge >= 0.3 is 0 Å². The van der Waals surface area contributed by atoms with Crippen LogP contribution in [0, 0.1) is 24.7 Å². The van der Waals surface area contributed by atoms with E-state index in [0.29, 0.717) is 47.4 Å². The van der Waals surface area contributed by atoms with E-state index in [-0.39, 0.29) is 25.0 Å². The van der Waals surface area contributed by atoms with Crippen molar-refractivity contribution in [3.8, 4) is 36.2 Å². The van der Waals surface area contributed by atoms with Gasteiger partial charge in [-0.2, -0.15) is 0 Å². The van der Waals surface area contributed by atoms with Gasteiger partial charge in [-0.1, -0.05) is 72.5 Å². The number of amides is 2. The lowest BCUT2D eigenvalue weighted by molar-refractivity contribution is -0.113. The van der Waals surface area contributed by atoms with Crippen LogP contribution in [-0.4, -0.2) is 36.5 Å². The van der Waals surface area contributed by atoms with Crippen LogP contribution in [0.15, 0.2) is 131 Å². The molecule has 0 saturated heterocycles. The molecule has 2 amide bonds. The zero-order valence-electron chi connectivity index (χ0n) is 27.0. The van der Waals surface area contributed by atoms with Crippen LogP contribution < -0.4 is 19.3 Å². The number of rotatable bonds is 10. The van der Waals surface area contributed by atoms with E-state index in [2.05, 4.69) is 11.8 Å². The molecule has 0 spiro atoms. The Morgan fingerprint density at radius 2 is 0.900 bits per heavy atom. The Hall–Kier alpha value is -6.90. The highest BCUT2D eigenvalue weighted by atomic mass is 16.5. The van der Waals surface area contributed by atoms with Crippen molar-refractivity contribution in [2.45, 2.75) is 13.1 Å². The molecule has 2 heterocycles. The van der Waals surface area contributed by atoms with Gasteiger partial charge in [-0.3, -0.25) is 9.59 Å². The Balaban J connectivity index is 1.07. The monoisotopic (exact) mass is 654 g/mol. The first-order chi connectivity index (χ1) is 24.5. The number of benzene rings is 5. The maximum Gasteiger partial charge on any atom is 0.277 e. The number of carbonyl (C=O) groups is 2. The molecule has 0 fully saturated rings. The fourth-order valence-electron chi connectivity index (χ4n) is 5.91. The van der Waals surface area contributed by atoms with Gasteiger partial charge in [0.25, 0.3) is 11.8 Å². The van der Waals surface area contributed by atoms with Crippen molar-refractivity contribution in [2.24, 2.45) is 9.98 Å². The fraction of sp³-hybridized carbons (Fsp3) is 0.0952. The molecule has 0 atom stereocenters. The summed E-state index contributed by atoms with van der Waals surface area (Å²) in [7, 11) is 0. The molecule has 0 bridgehead atoms. The lowest BCUT2D eigenvalue weighted by Gasteiger charge is -2.19. The molecule has 0 N–H and O–H groups in total. The van der Waals surface area contributed by atoms with Crippen LogP contribution in [0.1, 0.15) is 22.3 Å². The van der Waals surface area contributed by atoms with Crippen LogP contribution in [-0.2, 0) is 22.7 Å². The molecule has 8 heteroatoms. The smallest absolute Gasteiger partial charge is 0.277 e. The van der Waals surface area contributed by atoms with E-state index in [1.807, 2.05) is 72.8 Å². The Morgan fingerprint density at radius 3 is 1.28 bits per heavy atom. The summed E-state index contributed by atoms with van der Waals surface area (Å²) in [6.07, 6.45) is 10.6. The normalized spacial score (nSPS) is 14.8. The van der Waals surface area contributed by atoms with E-state index in [4.69, 9.17) is 32.3 Å². The topological polar surface area (TPSA) is 83.8 Å². The van der Waals surface area contributed by atoms with Crippen molar-refractivity contribution >= 4 is 46.0 Å². The molecule has 0 unspecified atom stereocenters. The number of terminal acetylenes is 2. The minimum absolute atomic E-state index is 0.177. The third-order valence-corrected chi connectivity index (χ3v) is 8.30. The van der Waals surface area contributed by atoms with Crippen molar-refractivity contribution in [1.29, 1.82) is 0 Å². The van der Waals surface area contributed by atoms with Crippen LogP contribution in [0.2, 0.25) is 0 Å². The summed E-state index contributed by atoms with van der Waals surface area (Å²) in [4.78, 5) is 40.4. The Morgan fingerprint density at radius 1 is 0.520 bits per heavy atom. The maximum absolute atomic E-state index is 13.7. The number of para-hydroxylation sites is 2. The van der Waals surface area contributed by atoms with Crippen molar-refractivity contribution in [1.82, 2.24) is 0 Å². The zero-order valence-corrected chi connectivity index (χ0v) is 27.0. The summed E-state index contributed by atoms with van der Waals surface area (Å²) >= 11 is 0. The van der Waals surface area contributed by atoms with Gasteiger partial charge in [0.05, 0.1) is 35.8 Å². The average Bonchev–Trinajstić information content (AvgIpc) is 3.56. The molecule has 2 aliphatic rings. The van der Waals surface area contributed by atoms with E-state index >= 15 is 0 Å². The molecule has 0 aliphatic carbocycles. The number of hydrogen-bond donors (Lipinski definition) is 0. The van der Waals surface area contributed by atoms with Crippen LogP contribution >= 0.6 is 0 Å². The predicted octanol–water partition coefficient (Wildman–Crippen LogP) is 7.05. The summed E-state index contributed by atoms with van der Waals surface area (Å²) in [6, 6.07) is 37.5. The van der Waals surface area contributed by atoms with E-state index in [1.165, 1.54) is 0 Å². The number of hydrogen-bond acceptors (Lipinski definition) is 6. The summed E-state index contributed by atoms with van der Waals surface area (Å²) in [5.74, 6) is 5.80. The second kappa shape index (κ2) is 14.1. The molecular formula is C42H30N4O4. The first-order valence-electron chi connectivity index (χ1n) is 15.9. The Kier molecular flexibility index (Phi) is 8.92. The van der Waals surface area contributed by atoms with Crippen molar-refractivity contribution in [3.05, 3.63) is 144 Å². The lowest BCUT2D eigenvalue weighted by atomic mass is 10.1. The van der Waals surface area contributed by atoms with E-state index in [1.54, 1.807) is 58.3 Å². The van der Waals surface area contributed by atoms with Crippen molar-refractivity contribution in [3.63, 3.8) is 0 Å². The zero-order chi connectivity index (χ0) is 34.5. The van der Waals surface area contributed by atoms with E-state index in [9.17, 15) is 9.59 Å². The Labute approximate surface area is 290 Å². The van der Waals surface area contributed by atoms with Crippen LogP contribution in [0.4, 0.5) is 22.7 Å². The van der Waals surface area contributed by atoms with Gasteiger partial charge in [-0.05, 0) is 71.8 Å². The van der Waals surface area contributed by atoms with Gasteiger partial charge in [0.1, 0.15) is 36.1 Å². The number of carbonyl (C=O) groups excluding carboxylic acids is 2. The SMILES string of the molecule is C#CCOc1ccc(/N=C2\C(=O)N(Cc3ccc(CN4C(=O)/C(=N\c5ccc(OCC#C)cc5)c5ccccc54)cc3)c3ccccc32)cc1. The van der Waals surface area contributed by atoms with Crippen molar-refractivity contribution in [2.75, 3.05) is 23.0 Å². The number of nitrogens with zero attached hydrogens (tertiary/aromatic N) is 4.